The second kappa shape index (κ2) is 3.40. The SMILES string of the molecule is C[C@@H]1CC[C@@H]2CCC[C@@H](C)C2C1. The summed E-state index contributed by atoms with van der Waals surface area (Å²) in [5, 5.41) is 0. The molecule has 0 aromatic heterocycles. The molecule has 2 saturated carbocycles. The van der Waals surface area contributed by atoms with Crippen molar-refractivity contribution < 1.29 is 0 Å². The molecule has 0 bridgehead atoms. The third-order valence-corrected chi connectivity index (χ3v) is 4.28. The fourth-order valence-corrected chi connectivity index (χ4v) is 3.46. The van der Waals surface area contributed by atoms with Crippen molar-refractivity contribution in [2.45, 2.75) is 52.4 Å². The van der Waals surface area contributed by atoms with Crippen LogP contribution < -0.4 is 0 Å². The Morgan fingerprint density at radius 3 is 2.58 bits per heavy atom. The molecule has 70 valence electrons. The number of hydrogen-bond donors (Lipinski definition) is 0. The van der Waals surface area contributed by atoms with Gasteiger partial charge < -0.3 is 0 Å². The summed E-state index contributed by atoms with van der Waals surface area (Å²) < 4.78 is 0. The van der Waals surface area contributed by atoms with Gasteiger partial charge >= 0.3 is 0 Å². The number of fused-ring (bicyclic) bond motifs is 1. The van der Waals surface area contributed by atoms with Crippen molar-refractivity contribution in [3.8, 4) is 0 Å². The summed E-state index contributed by atoms with van der Waals surface area (Å²) >= 11 is 0. The summed E-state index contributed by atoms with van der Waals surface area (Å²) in [6, 6.07) is 0. The molecule has 0 nitrogen and oxygen atoms in total. The topological polar surface area (TPSA) is 0 Å². The van der Waals surface area contributed by atoms with Crippen molar-refractivity contribution in [1.29, 1.82) is 0 Å². The molecule has 2 fully saturated rings. The second-order valence-corrected chi connectivity index (χ2v) is 5.25. The lowest BCUT2D eigenvalue weighted by Gasteiger charge is -2.42. The molecule has 1 unspecified atom stereocenters. The highest BCUT2D eigenvalue weighted by molar-refractivity contribution is 4.85. The van der Waals surface area contributed by atoms with Gasteiger partial charge in [0.05, 0.1) is 0 Å². The lowest BCUT2D eigenvalue weighted by atomic mass is 9.64. The van der Waals surface area contributed by atoms with E-state index in [4.69, 9.17) is 0 Å². The minimum absolute atomic E-state index is 1.02. The van der Waals surface area contributed by atoms with Crippen LogP contribution in [-0.4, -0.2) is 0 Å². The highest BCUT2D eigenvalue weighted by Crippen LogP contribution is 2.45. The molecule has 0 aliphatic heterocycles. The Balaban J connectivity index is 2.00. The van der Waals surface area contributed by atoms with Crippen LogP contribution in [0.1, 0.15) is 52.4 Å². The molecule has 0 N–H and O–H groups in total. The van der Waals surface area contributed by atoms with Crippen LogP contribution in [0.4, 0.5) is 0 Å². The minimum Gasteiger partial charge on any atom is -0.0625 e. The van der Waals surface area contributed by atoms with Crippen molar-refractivity contribution in [3.63, 3.8) is 0 Å². The van der Waals surface area contributed by atoms with Crippen LogP contribution >= 0.6 is 0 Å². The van der Waals surface area contributed by atoms with Crippen molar-refractivity contribution in [2.75, 3.05) is 0 Å². The van der Waals surface area contributed by atoms with Crippen LogP contribution in [0.25, 0.3) is 0 Å². The summed E-state index contributed by atoms with van der Waals surface area (Å²) in [7, 11) is 0. The van der Waals surface area contributed by atoms with E-state index in [-0.39, 0.29) is 0 Å². The summed E-state index contributed by atoms with van der Waals surface area (Å²) in [5.74, 6) is 4.27. The number of hydrogen-bond acceptors (Lipinski definition) is 0. The van der Waals surface area contributed by atoms with E-state index in [2.05, 4.69) is 13.8 Å². The third-order valence-electron chi connectivity index (χ3n) is 4.28. The largest absolute Gasteiger partial charge is 0.0625 e. The Morgan fingerprint density at radius 2 is 1.75 bits per heavy atom. The molecule has 0 amide bonds. The maximum Gasteiger partial charge on any atom is -0.0358 e. The Morgan fingerprint density at radius 1 is 0.917 bits per heavy atom. The van der Waals surface area contributed by atoms with E-state index in [0.29, 0.717) is 0 Å². The van der Waals surface area contributed by atoms with E-state index in [1.165, 1.54) is 32.1 Å². The third kappa shape index (κ3) is 1.53. The van der Waals surface area contributed by atoms with E-state index >= 15 is 0 Å². The molecule has 4 atom stereocenters. The molecule has 0 saturated heterocycles. The fourth-order valence-electron chi connectivity index (χ4n) is 3.46. The Kier molecular flexibility index (Phi) is 2.43. The van der Waals surface area contributed by atoms with Gasteiger partial charge in [0, 0.05) is 0 Å². The molecule has 0 heteroatoms. The summed E-state index contributed by atoms with van der Waals surface area (Å²) in [6.07, 6.45) is 9.14. The second-order valence-electron chi connectivity index (χ2n) is 5.25. The van der Waals surface area contributed by atoms with Gasteiger partial charge in [-0.3, -0.25) is 0 Å². The van der Waals surface area contributed by atoms with E-state index in [1.807, 2.05) is 0 Å². The maximum absolute atomic E-state index is 2.48. The molecule has 0 radical (unpaired) electrons. The molecule has 0 heterocycles. The first-order chi connectivity index (χ1) is 5.77. The van der Waals surface area contributed by atoms with E-state index < -0.39 is 0 Å². The van der Waals surface area contributed by atoms with Crippen molar-refractivity contribution in [1.82, 2.24) is 0 Å². The van der Waals surface area contributed by atoms with Crippen molar-refractivity contribution in [3.05, 3.63) is 0 Å². The first-order valence-electron chi connectivity index (χ1n) is 5.77. The first kappa shape index (κ1) is 8.59. The van der Waals surface area contributed by atoms with Crippen LogP contribution in [0.15, 0.2) is 0 Å². The molecular weight excluding hydrogens is 144 g/mol. The van der Waals surface area contributed by atoms with E-state index in [0.717, 1.165) is 23.7 Å². The lowest BCUT2D eigenvalue weighted by molar-refractivity contribution is 0.0880. The summed E-state index contributed by atoms with van der Waals surface area (Å²) in [5.41, 5.74) is 0. The average Bonchev–Trinajstić information content (AvgIpc) is 2.07. The average molecular weight is 166 g/mol. The molecule has 0 spiro atoms. The number of rotatable bonds is 0. The van der Waals surface area contributed by atoms with Crippen molar-refractivity contribution in [2.24, 2.45) is 23.7 Å². The minimum atomic E-state index is 1.02. The van der Waals surface area contributed by atoms with Gasteiger partial charge in [-0.1, -0.05) is 39.5 Å². The molecule has 0 aromatic rings. The lowest BCUT2D eigenvalue weighted by Crippen LogP contribution is -2.32. The highest BCUT2D eigenvalue weighted by Gasteiger charge is 2.34. The van der Waals surface area contributed by atoms with Crippen LogP contribution in [0.5, 0.6) is 0 Å². The van der Waals surface area contributed by atoms with Gasteiger partial charge in [0.15, 0.2) is 0 Å². The van der Waals surface area contributed by atoms with E-state index in [9.17, 15) is 0 Å². The van der Waals surface area contributed by atoms with Crippen molar-refractivity contribution >= 4 is 0 Å². The predicted octanol–water partition coefficient (Wildman–Crippen LogP) is 3.86. The van der Waals surface area contributed by atoms with Gasteiger partial charge in [-0.15, -0.1) is 0 Å². The Labute approximate surface area is 76.7 Å². The molecule has 0 aromatic carbocycles. The quantitative estimate of drug-likeness (QED) is 0.512. The zero-order valence-electron chi connectivity index (χ0n) is 8.55. The van der Waals surface area contributed by atoms with Crippen LogP contribution in [-0.2, 0) is 0 Å². The maximum atomic E-state index is 2.48. The molecular formula is C12H22. The zero-order valence-corrected chi connectivity index (χ0v) is 8.55. The predicted molar refractivity (Wildman–Crippen MR) is 53.0 cm³/mol. The standard InChI is InChI=1S/C12H22/c1-9-6-7-11-5-3-4-10(2)12(11)8-9/h9-12H,3-8H2,1-2H3/t9-,10-,11+,12?/m1/s1. The van der Waals surface area contributed by atoms with Gasteiger partial charge in [0.1, 0.15) is 0 Å². The van der Waals surface area contributed by atoms with Crippen LogP contribution in [0.3, 0.4) is 0 Å². The van der Waals surface area contributed by atoms with Crippen LogP contribution in [0, 0.1) is 23.7 Å². The van der Waals surface area contributed by atoms with Gasteiger partial charge in [0.2, 0.25) is 0 Å². The van der Waals surface area contributed by atoms with Gasteiger partial charge in [-0.2, -0.15) is 0 Å². The molecule has 12 heavy (non-hydrogen) atoms. The monoisotopic (exact) mass is 166 g/mol. The van der Waals surface area contributed by atoms with Gasteiger partial charge in [-0.25, -0.2) is 0 Å². The first-order valence-corrected chi connectivity index (χ1v) is 5.77. The molecule has 2 aliphatic carbocycles. The molecule has 2 rings (SSSR count). The Bertz CT molecular complexity index is 150. The Hall–Kier alpha value is 0. The van der Waals surface area contributed by atoms with Gasteiger partial charge in [-0.05, 0) is 36.5 Å². The summed E-state index contributed by atoms with van der Waals surface area (Å²) in [4.78, 5) is 0. The van der Waals surface area contributed by atoms with Crippen LogP contribution in [0.2, 0.25) is 0 Å². The highest BCUT2D eigenvalue weighted by atomic mass is 14.4. The van der Waals surface area contributed by atoms with Gasteiger partial charge in [0.25, 0.3) is 0 Å². The smallest absolute Gasteiger partial charge is 0.0358 e. The van der Waals surface area contributed by atoms with E-state index in [1.54, 1.807) is 6.42 Å². The fraction of sp³-hybridized carbons (Fsp3) is 1.00. The summed E-state index contributed by atoms with van der Waals surface area (Å²) in [6.45, 7) is 4.92. The molecule has 2 aliphatic rings. The zero-order chi connectivity index (χ0) is 8.55. The normalized spacial score (nSPS) is 48.5.